The Hall–Kier alpha value is -3.11. The smallest absolute Gasteiger partial charge is 0.352 e. The van der Waals surface area contributed by atoms with Gasteiger partial charge in [0, 0.05) is 6.07 Å². The quantitative estimate of drug-likeness (QED) is 0.257. The van der Waals surface area contributed by atoms with E-state index in [1.54, 1.807) is 0 Å². The second kappa shape index (κ2) is 8.07. The number of aromatic amines is 2. The van der Waals surface area contributed by atoms with Crippen LogP contribution in [-0.4, -0.2) is 44.6 Å². The van der Waals surface area contributed by atoms with Crippen molar-refractivity contribution in [3.8, 4) is 0 Å². The molecule has 1 aromatic rings. The first-order valence-electron chi connectivity index (χ1n) is 5.06. The first kappa shape index (κ1) is 16.9. The Morgan fingerprint density at radius 1 is 1.20 bits per heavy atom. The van der Waals surface area contributed by atoms with Crippen LogP contribution in [0.1, 0.15) is 16.9 Å². The number of aromatic nitrogens is 2. The topological polar surface area (TPSA) is 205 Å². The molecule has 0 radical (unpaired) electrons. The summed E-state index contributed by atoms with van der Waals surface area (Å²) in [6.07, 6.45) is -0.0299. The van der Waals surface area contributed by atoms with Gasteiger partial charge in [-0.1, -0.05) is 0 Å². The average molecular weight is 287 g/mol. The Morgan fingerprint density at radius 3 is 2.20 bits per heavy atom. The number of rotatable bonds is 4. The number of aliphatic imine (C=N–C) groups is 1. The number of guanidine groups is 1. The molecule has 0 aliphatic carbocycles. The van der Waals surface area contributed by atoms with Gasteiger partial charge in [-0.15, -0.1) is 0 Å². The number of nitrogens with zero attached hydrogens (tertiary/aromatic N) is 1. The SMILES string of the molecule is NC(N)=NCCC(=O)O.O=C(O)c1cc(=O)[nH]c(=O)[nH]1. The number of H-pyrrole nitrogens is 2. The molecule has 1 rings (SSSR count). The van der Waals surface area contributed by atoms with E-state index in [1.807, 2.05) is 9.97 Å². The molecule has 0 fully saturated rings. The van der Waals surface area contributed by atoms with Crippen molar-refractivity contribution in [2.75, 3.05) is 6.54 Å². The number of nitrogens with two attached hydrogens (primary N) is 2. The van der Waals surface area contributed by atoms with Crippen LogP contribution in [0.25, 0.3) is 0 Å². The minimum Gasteiger partial charge on any atom is -0.481 e. The third-order valence-electron chi connectivity index (χ3n) is 1.61. The van der Waals surface area contributed by atoms with E-state index in [9.17, 15) is 19.2 Å². The molecule has 0 aromatic carbocycles. The fraction of sp³-hybridized carbons (Fsp3) is 0.222. The molecule has 0 aliphatic heterocycles. The minimum absolute atomic E-state index is 0.0299. The standard InChI is InChI=1S/C5H4N2O4.C4H9N3O2/c8-3-1-2(4(9)10)6-5(11)7-3;5-4(6)7-2-1-3(8)9/h1H,(H,9,10)(H2,6,7,8,11);1-2H2,(H,8,9)(H4,5,6,7). The van der Waals surface area contributed by atoms with Crippen LogP contribution in [0.2, 0.25) is 0 Å². The summed E-state index contributed by atoms with van der Waals surface area (Å²) in [5.41, 5.74) is 7.85. The molecule has 11 nitrogen and oxygen atoms in total. The summed E-state index contributed by atoms with van der Waals surface area (Å²) in [6, 6.07) is 0.795. The molecule has 20 heavy (non-hydrogen) atoms. The molecule has 0 aliphatic rings. The average Bonchev–Trinajstić information content (AvgIpc) is 2.27. The highest BCUT2D eigenvalue weighted by molar-refractivity contribution is 5.84. The van der Waals surface area contributed by atoms with Gasteiger partial charge < -0.3 is 26.7 Å². The maximum absolute atomic E-state index is 10.5. The molecule has 8 N–H and O–H groups in total. The summed E-state index contributed by atoms with van der Waals surface area (Å²) in [4.78, 5) is 48.2. The maximum Gasteiger partial charge on any atom is 0.352 e. The number of carboxylic acids is 2. The number of aliphatic carboxylic acids is 1. The lowest BCUT2D eigenvalue weighted by molar-refractivity contribution is -0.136. The maximum atomic E-state index is 10.5. The van der Waals surface area contributed by atoms with E-state index in [4.69, 9.17) is 21.7 Å². The zero-order chi connectivity index (χ0) is 15.7. The van der Waals surface area contributed by atoms with Crippen LogP contribution in [0.5, 0.6) is 0 Å². The number of carboxylic acid groups (broad SMARTS) is 2. The van der Waals surface area contributed by atoms with Crippen LogP contribution >= 0.6 is 0 Å². The molecule has 110 valence electrons. The summed E-state index contributed by atoms with van der Waals surface area (Å²) < 4.78 is 0. The summed E-state index contributed by atoms with van der Waals surface area (Å²) in [6.45, 7) is 0.150. The Bertz CT molecular complexity index is 583. The van der Waals surface area contributed by atoms with Gasteiger partial charge in [-0.3, -0.25) is 19.6 Å². The second-order valence-electron chi connectivity index (χ2n) is 3.26. The lowest BCUT2D eigenvalue weighted by atomic mass is 10.4. The van der Waals surface area contributed by atoms with Crippen LogP contribution in [0, 0.1) is 0 Å². The number of nitrogens with one attached hydrogen (secondary N) is 2. The van der Waals surface area contributed by atoms with Crippen LogP contribution in [0.4, 0.5) is 0 Å². The van der Waals surface area contributed by atoms with E-state index in [0.29, 0.717) is 0 Å². The van der Waals surface area contributed by atoms with Gasteiger partial charge in [0.1, 0.15) is 5.69 Å². The molecule has 0 amide bonds. The van der Waals surface area contributed by atoms with Crippen molar-refractivity contribution in [3.63, 3.8) is 0 Å². The second-order valence-corrected chi connectivity index (χ2v) is 3.26. The first-order valence-corrected chi connectivity index (χ1v) is 5.06. The Morgan fingerprint density at radius 2 is 1.80 bits per heavy atom. The van der Waals surface area contributed by atoms with Gasteiger partial charge in [0.2, 0.25) is 0 Å². The molecule has 0 unspecified atom stereocenters. The van der Waals surface area contributed by atoms with E-state index >= 15 is 0 Å². The number of hydrogen-bond donors (Lipinski definition) is 6. The van der Waals surface area contributed by atoms with Gasteiger partial charge in [-0.05, 0) is 0 Å². The van der Waals surface area contributed by atoms with Gasteiger partial charge in [-0.2, -0.15) is 0 Å². The Balaban J connectivity index is 0.000000370. The summed E-state index contributed by atoms with van der Waals surface area (Å²) >= 11 is 0. The molecule has 1 heterocycles. The van der Waals surface area contributed by atoms with E-state index in [1.165, 1.54) is 0 Å². The zero-order valence-electron chi connectivity index (χ0n) is 10.1. The first-order chi connectivity index (χ1) is 9.22. The third kappa shape index (κ3) is 8.05. The van der Waals surface area contributed by atoms with Crippen LogP contribution in [0.3, 0.4) is 0 Å². The Labute approximate surface area is 111 Å². The molecule has 0 spiro atoms. The zero-order valence-corrected chi connectivity index (χ0v) is 10.1. The van der Waals surface area contributed by atoms with Crippen molar-refractivity contribution in [3.05, 3.63) is 32.6 Å². The molecular weight excluding hydrogens is 274 g/mol. The van der Waals surface area contributed by atoms with Gasteiger partial charge in [0.25, 0.3) is 5.56 Å². The highest BCUT2D eigenvalue weighted by atomic mass is 16.4. The molecule has 0 saturated carbocycles. The van der Waals surface area contributed by atoms with Gasteiger partial charge in [0.15, 0.2) is 5.96 Å². The number of hydrogen-bond acceptors (Lipinski definition) is 5. The largest absolute Gasteiger partial charge is 0.481 e. The fourth-order valence-electron chi connectivity index (χ4n) is 0.865. The van der Waals surface area contributed by atoms with E-state index in [2.05, 4.69) is 4.99 Å². The van der Waals surface area contributed by atoms with Gasteiger partial charge in [0.05, 0.1) is 13.0 Å². The van der Waals surface area contributed by atoms with Crippen molar-refractivity contribution >= 4 is 17.9 Å². The van der Waals surface area contributed by atoms with Gasteiger partial charge in [-0.25, -0.2) is 9.59 Å². The van der Waals surface area contributed by atoms with Crippen molar-refractivity contribution < 1.29 is 19.8 Å². The fourth-order valence-corrected chi connectivity index (χ4v) is 0.865. The van der Waals surface area contributed by atoms with E-state index in [-0.39, 0.29) is 18.9 Å². The molecule has 0 atom stereocenters. The normalized spacial score (nSPS) is 9.00. The predicted molar refractivity (Wildman–Crippen MR) is 67.6 cm³/mol. The van der Waals surface area contributed by atoms with E-state index in [0.717, 1.165) is 6.07 Å². The third-order valence-corrected chi connectivity index (χ3v) is 1.61. The van der Waals surface area contributed by atoms with Crippen LogP contribution in [-0.2, 0) is 4.79 Å². The van der Waals surface area contributed by atoms with Crippen molar-refractivity contribution in [2.45, 2.75) is 6.42 Å². The number of aromatic carboxylic acids is 1. The van der Waals surface area contributed by atoms with Crippen molar-refractivity contribution in [2.24, 2.45) is 16.5 Å². The lowest BCUT2D eigenvalue weighted by Crippen LogP contribution is -2.24. The van der Waals surface area contributed by atoms with Crippen molar-refractivity contribution in [1.29, 1.82) is 0 Å². The van der Waals surface area contributed by atoms with Crippen molar-refractivity contribution in [1.82, 2.24) is 9.97 Å². The number of carbonyl (C=O) groups is 2. The minimum atomic E-state index is -1.34. The van der Waals surface area contributed by atoms with E-state index < -0.39 is 28.9 Å². The summed E-state index contributed by atoms with van der Waals surface area (Å²) in [7, 11) is 0. The van der Waals surface area contributed by atoms with Crippen LogP contribution in [0.15, 0.2) is 20.6 Å². The molecule has 11 heteroatoms. The summed E-state index contributed by atoms with van der Waals surface area (Å²) in [5, 5.41) is 16.4. The summed E-state index contributed by atoms with van der Waals surface area (Å²) in [5.74, 6) is -2.32. The predicted octanol–water partition coefficient (Wildman–Crippen LogP) is -2.50. The highest BCUT2D eigenvalue weighted by Crippen LogP contribution is 1.81. The lowest BCUT2D eigenvalue weighted by Gasteiger charge is -1.89. The van der Waals surface area contributed by atoms with Gasteiger partial charge >= 0.3 is 17.6 Å². The molecule has 0 bridgehead atoms. The molecule has 1 aromatic heterocycles. The Kier molecular flexibility index (Phi) is 6.82. The highest BCUT2D eigenvalue weighted by Gasteiger charge is 2.03. The monoisotopic (exact) mass is 287 g/mol. The van der Waals surface area contributed by atoms with Crippen LogP contribution < -0.4 is 22.7 Å². The molecule has 0 saturated heterocycles. The molecular formula is C9H13N5O6.